The highest BCUT2D eigenvalue weighted by atomic mass is 16.5. The van der Waals surface area contributed by atoms with Crippen LogP contribution in [-0.4, -0.2) is 50.3 Å². The summed E-state index contributed by atoms with van der Waals surface area (Å²) in [6.07, 6.45) is 1.35. The van der Waals surface area contributed by atoms with E-state index in [2.05, 4.69) is 22.3 Å². The number of amides is 1. The molecule has 122 valence electrons. The first-order chi connectivity index (χ1) is 10.8. The molecule has 22 heavy (non-hydrogen) atoms. The van der Waals surface area contributed by atoms with Crippen LogP contribution in [0.4, 0.5) is 0 Å². The van der Waals surface area contributed by atoms with Crippen LogP contribution in [0.1, 0.15) is 25.3 Å². The van der Waals surface area contributed by atoms with E-state index >= 15 is 0 Å². The van der Waals surface area contributed by atoms with E-state index in [9.17, 15) is 4.79 Å². The van der Waals surface area contributed by atoms with Crippen LogP contribution in [0.3, 0.4) is 0 Å². The number of benzene rings is 1. The van der Waals surface area contributed by atoms with E-state index in [1.54, 1.807) is 0 Å². The Morgan fingerprint density at radius 1 is 1.27 bits per heavy atom. The average molecular weight is 306 g/mol. The minimum Gasteiger partial charge on any atom is -0.494 e. The van der Waals surface area contributed by atoms with Crippen LogP contribution in [0.25, 0.3) is 0 Å². The lowest BCUT2D eigenvalue weighted by atomic mass is 10.2. The van der Waals surface area contributed by atoms with E-state index in [-0.39, 0.29) is 5.91 Å². The van der Waals surface area contributed by atoms with Gasteiger partial charge in [-0.3, -0.25) is 9.69 Å². The Bertz CT molecular complexity index is 442. The van der Waals surface area contributed by atoms with Gasteiger partial charge in [-0.2, -0.15) is 0 Å². The minimum atomic E-state index is 0.0902. The Morgan fingerprint density at radius 2 is 2.00 bits per heavy atom. The number of ether oxygens (including phenoxy) is 2. The Morgan fingerprint density at radius 3 is 2.68 bits per heavy atom. The van der Waals surface area contributed by atoms with Gasteiger partial charge in [0.1, 0.15) is 5.75 Å². The van der Waals surface area contributed by atoms with E-state index in [1.165, 1.54) is 5.56 Å². The normalized spacial score (nSPS) is 15.5. The molecule has 1 fully saturated rings. The predicted molar refractivity (Wildman–Crippen MR) is 86.0 cm³/mol. The summed E-state index contributed by atoms with van der Waals surface area (Å²) in [5.41, 5.74) is 1.30. The standard InChI is InChI=1S/C17H26N2O3/c1-2-17(20)18-8-3-11-22-16-6-4-15(5-7-16)14-19-9-12-21-13-10-19/h4-7H,2-3,8-14H2,1H3,(H,18,20). The number of morpholine rings is 1. The maximum atomic E-state index is 11.1. The first kappa shape index (κ1) is 16.8. The molecular weight excluding hydrogens is 280 g/mol. The second-order valence-corrected chi connectivity index (χ2v) is 5.44. The number of hydrogen-bond donors (Lipinski definition) is 1. The zero-order valence-corrected chi connectivity index (χ0v) is 13.3. The number of hydrogen-bond acceptors (Lipinski definition) is 4. The molecule has 0 aromatic heterocycles. The van der Waals surface area contributed by atoms with Crippen LogP contribution in [0.5, 0.6) is 5.75 Å². The third-order valence-electron chi connectivity index (χ3n) is 3.67. The topological polar surface area (TPSA) is 50.8 Å². The van der Waals surface area contributed by atoms with Crippen LogP contribution < -0.4 is 10.1 Å². The SMILES string of the molecule is CCC(=O)NCCCOc1ccc(CN2CCOCC2)cc1. The van der Waals surface area contributed by atoms with E-state index in [1.807, 2.05) is 19.1 Å². The van der Waals surface area contributed by atoms with Gasteiger partial charge >= 0.3 is 0 Å². The summed E-state index contributed by atoms with van der Waals surface area (Å²) in [4.78, 5) is 13.5. The van der Waals surface area contributed by atoms with Crippen LogP contribution in [0.2, 0.25) is 0 Å². The van der Waals surface area contributed by atoms with E-state index in [4.69, 9.17) is 9.47 Å². The second-order valence-electron chi connectivity index (χ2n) is 5.44. The molecule has 1 heterocycles. The molecule has 1 N–H and O–H groups in total. The van der Waals surface area contributed by atoms with Gasteiger partial charge in [0.15, 0.2) is 0 Å². The molecule has 0 saturated carbocycles. The van der Waals surface area contributed by atoms with Crippen molar-refractivity contribution in [1.82, 2.24) is 10.2 Å². The first-order valence-corrected chi connectivity index (χ1v) is 8.06. The molecule has 1 amide bonds. The second kappa shape index (κ2) is 9.43. The maximum absolute atomic E-state index is 11.1. The van der Waals surface area contributed by atoms with Crippen molar-refractivity contribution in [2.75, 3.05) is 39.5 Å². The third kappa shape index (κ3) is 6.03. The summed E-state index contributed by atoms with van der Waals surface area (Å²) in [5.74, 6) is 0.972. The van der Waals surface area contributed by atoms with Crippen LogP contribution in [0.15, 0.2) is 24.3 Å². The van der Waals surface area contributed by atoms with Gasteiger partial charge < -0.3 is 14.8 Å². The Balaban J connectivity index is 1.64. The van der Waals surface area contributed by atoms with Gasteiger partial charge in [-0.05, 0) is 24.1 Å². The molecule has 0 spiro atoms. The fourth-order valence-electron chi connectivity index (χ4n) is 2.32. The highest BCUT2D eigenvalue weighted by Crippen LogP contribution is 2.14. The fourth-order valence-corrected chi connectivity index (χ4v) is 2.32. The molecule has 0 aliphatic carbocycles. The number of nitrogens with zero attached hydrogens (tertiary/aromatic N) is 1. The summed E-state index contributed by atoms with van der Waals surface area (Å²) in [7, 11) is 0. The molecule has 2 rings (SSSR count). The van der Waals surface area contributed by atoms with Crippen molar-refractivity contribution >= 4 is 5.91 Å². The third-order valence-corrected chi connectivity index (χ3v) is 3.67. The van der Waals surface area contributed by atoms with Gasteiger partial charge in [0.25, 0.3) is 0 Å². The van der Waals surface area contributed by atoms with Crippen molar-refractivity contribution in [3.8, 4) is 5.75 Å². The summed E-state index contributed by atoms with van der Waals surface area (Å²) in [6, 6.07) is 8.26. The monoisotopic (exact) mass is 306 g/mol. The smallest absolute Gasteiger partial charge is 0.219 e. The van der Waals surface area contributed by atoms with Crippen LogP contribution in [0, 0.1) is 0 Å². The Kier molecular flexibility index (Phi) is 7.19. The zero-order valence-electron chi connectivity index (χ0n) is 13.3. The zero-order chi connectivity index (χ0) is 15.6. The highest BCUT2D eigenvalue weighted by Gasteiger charge is 2.10. The lowest BCUT2D eigenvalue weighted by molar-refractivity contribution is -0.120. The number of nitrogens with one attached hydrogen (secondary N) is 1. The molecule has 0 unspecified atom stereocenters. The molecule has 5 heteroatoms. The molecule has 0 atom stereocenters. The van der Waals surface area contributed by atoms with Crippen LogP contribution in [-0.2, 0) is 16.1 Å². The molecule has 0 bridgehead atoms. The first-order valence-electron chi connectivity index (χ1n) is 8.06. The molecule has 5 nitrogen and oxygen atoms in total. The number of rotatable bonds is 8. The highest BCUT2D eigenvalue weighted by molar-refractivity contribution is 5.75. The van der Waals surface area contributed by atoms with Crippen molar-refractivity contribution in [1.29, 1.82) is 0 Å². The summed E-state index contributed by atoms with van der Waals surface area (Å²) in [6.45, 7) is 7.76. The van der Waals surface area contributed by atoms with E-state index in [0.29, 0.717) is 19.6 Å². The molecular formula is C17H26N2O3. The lowest BCUT2D eigenvalue weighted by Crippen LogP contribution is -2.35. The van der Waals surface area contributed by atoms with Crippen molar-refractivity contribution in [3.05, 3.63) is 29.8 Å². The quantitative estimate of drug-likeness (QED) is 0.744. The average Bonchev–Trinajstić information content (AvgIpc) is 2.57. The molecule has 1 aromatic carbocycles. The molecule has 1 aliphatic rings. The summed E-state index contributed by atoms with van der Waals surface area (Å²) < 4.78 is 11.0. The van der Waals surface area contributed by atoms with Gasteiger partial charge in [-0.15, -0.1) is 0 Å². The predicted octanol–water partition coefficient (Wildman–Crippen LogP) is 1.81. The Hall–Kier alpha value is -1.59. The maximum Gasteiger partial charge on any atom is 0.219 e. The van der Waals surface area contributed by atoms with Crippen molar-refractivity contribution in [3.63, 3.8) is 0 Å². The fraction of sp³-hybridized carbons (Fsp3) is 0.588. The van der Waals surface area contributed by atoms with Gasteiger partial charge in [0.2, 0.25) is 5.91 Å². The number of carbonyl (C=O) groups is 1. The lowest BCUT2D eigenvalue weighted by Gasteiger charge is -2.26. The summed E-state index contributed by atoms with van der Waals surface area (Å²) >= 11 is 0. The van der Waals surface area contributed by atoms with Gasteiger partial charge in [-0.25, -0.2) is 0 Å². The van der Waals surface area contributed by atoms with E-state index in [0.717, 1.165) is 45.0 Å². The van der Waals surface area contributed by atoms with Crippen molar-refractivity contribution in [2.24, 2.45) is 0 Å². The summed E-state index contributed by atoms with van der Waals surface area (Å²) in [5, 5.41) is 2.84. The molecule has 1 saturated heterocycles. The Labute approximate surface area is 132 Å². The van der Waals surface area contributed by atoms with Crippen molar-refractivity contribution in [2.45, 2.75) is 26.3 Å². The van der Waals surface area contributed by atoms with Crippen LogP contribution >= 0.6 is 0 Å². The number of carbonyl (C=O) groups excluding carboxylic acids is 1. The van der Waals surface area contributed by atoms with Gasteiger partial charge in [-0.1, -0.05) is 19.1 Å². The molecule has 1 aliphatic heterocycles. The van der Waals surface area contributed by atoms with E-state index < -0.39 is 0 Å². The van der Waals surface area contributed by atoms with Gasteiger partial charge in [0, 0.05) is 32.6 Å². The molecule has 0 radical (unpaired) electrons. The van der Waals surface area contributed by atoms with Gasteiger partial charge in [0.05, 0.1) is 19.8 Å². The molecule has 1 aromatic rings. The largest absolute Gasteiger partial charge is 0.494 e. The van der Waals surface area contributed by atoms with Crippen molar-refractivity contribution < 1.29 is 14.3 Å². The minimum absolute atomic E-state index is 0.0902.